The summed E-state index contributed by atoms with van der Waals surface area (Å²) in [7, 11) is -3.90. The second-order valence-corrected chi connectivity index (χ2v) is 5.13. The molecule has 0 heterocycles. The summed E-state index contributed by atoms with van der Waals surface area (Å²) < 4.78 is 60.7. The fraction of sp³-hybridized carbons (Fsp3) is 1.00. The summed E-state index contributed by atoms with van der Waals surface area (Å²) in [4.78, 5) is 0. The maximum atomic E-state index is 12.3. The summed E-state index contributed by atoms with van der Waals surface area (Å²) in [5, 5.41) is 0. The lowest BCUT2D eigenvalue weighted by Gasteiger charge is -2.20. The van der Waals surface area contributed by atoms with Crippen LogP contribution in [-0.4, -0.2) is 32.4 Å². The summed E-state index contributed by atoms with van der Waals surface area (Å²) in [5.74, 6) is -0.481. The van der Waals surface area contributed by atoms with Gasteiger partial charge in [-0.05, 0) is 12.8 Å². The van der Waals surface area contributed by atoms with E-state index in [-0.39, 0.29) is 19.4 Å². The number of nitrogens with two attached hydrogens (primary N) is 1. The topological polar surface area (TPSA) is 72.2 Å². The third-order valence-corrected chi connectivity index (χ3v) is 3.50. The molecule has 0 aromatic carbocycles. The molecule has 4 nitrogen and oxygen atoms in total. The molecule has 8 heteroatoms. The van der Waals surface area contributed by atoms with Crippen LogP contribution in [0.25, 0.3) is 0 Å². The van der Waals surface area contributed by atoms with E-state index in [9.17, 15) is 21.6 Å². The van der Waals surface area contributed by atoms with Crippen LogP contribution in [0.1, 0.15) is 12.8 Å². The van der Waals surface area contributed by atoms with Crippen LogP contribution < -0.4 is 10.5 Å². The van der Waals surface area contributed by atoms with Gasteiger partial charge in [-0.3, -0.25) is 0 Å². The summed E-state index contributed by atoms with van der Waals surface area (Å²) in [6, 6.07) is 0. The minimum atomic E-state index is -4.52. The maximum Gasteiger partial charge on any atom is 0.407 e. The van der Waals surface area contributed by atoms with Gasteiger partial charge in [-0.15, -0.1) is 0 Å². The van der Waals surface area contributed by atoms with Crippen molar-refractivity contribution in [3.8, 4) is 0 Å². The molecule has 0 aromatic rings. The van der Waals surface area contributed by atoms with Gasteiger partial charge in [0.05, 0.1) is 5.75 Å². The van der Waals surface area contributed by atoms with E-state index in [0.717, 1.165) is 0 Å². The Bertz CT molecular complexity index is 308. The zero-order valence-corrected chi connectivity index (χ0v) is 8.08. The van der Waals surface area contributed by atoms with Gasteiger partial charge in [0.2, 0.25) is 10.0 Å². The van der Waals surface area contributed by atoms with Crippen LogP contribution in [0.15, 0.2) is 0 Å². The van der Waals surface area contributed by atoms with E-state index in [1.165, 1.54) is 0 Å². The molecule has 1 fully saturated rings. The molecule has 84 valence electrons. The van der Waals surface area contributed by atoms with Crippen LogP contribution in [0.4, 0.5) is 13.2 Å². The van der Waals surface area contributed by atoms with Crippen molar-refractivity contribution in [2.24, 2.45) is 5.73 Å². The Morgan fingerprint density at radius 3 is 2.14 bits per heavy atom. The van der Waals surface area contributed by atoms with Crippen LogP contribution in [0.5, 0.6) is 0 Å². The molecular weight excluding hydrogens is 221 g/mol. The number of rotatable bonds is 4. The fourth-order valence-corrected chi connectivity index (χ4v) is 2.40. The van der Waals surface area contributed by atoms with E-state index in [1.54, 1.807) is 4.72 Å². The Morgan fingerprint density at radius 2 is 1.86 bits per heavy atom. The highest BCUT2D eigenvalue weighted by molar-refractivity contribution is 7.89. The van der Waals surface area contributed by atoms with Gasteiger partial charge in [-0.1, -0.05) is 0 Å². The van der Waals surface area contributed by atoms with Crippen molar-refractivity contribution in [1.29, 1.82) is 0 Å². The predicted octanol–water partition coefficient (Wildman–Crippen LogP) is -0.0406. The molecule has 0 unspecified atom stereocenters. The van der Waals surface area contributed by atoms with Crippen molar-refractivity contribution in [2.45, 2.75) is 24.6 Å². The first-order valence-electron chi connectivity index (χ1n) is 4.01. The van der Waals surface area contributed by atoms with E-state index in [1.807, 2.05) is 0 Å². The van der Waals surface area contributed by atoms with E-state index < -0.39 is 27.5 Å². The lowest BCUT2D eigenvalue weighted by Crippen LogP contribution is -2.49. The highest BCUT2D eigenvalue weighted by atomic mass is 32.2. The maximum absolute atomic E-state index is 12.3. The van der Waals surface area contributed by atoms with Crippen molar-refractivity contribution in [3.63, 3.8) is 0 Å². The van der Waals surface area contributed by atoms with Gasteiger partial charge < -0.3 is 5.73 Å². The fourth-order valence-electron chi connectivity index (χ4n) is 1.07. The zero-order valence-electron chi connectivity index (χ0n) is 7.26. The second kappa shape index (κ2) is 3.35. The van der Waals surface area contributed by atoms with Gasteiger partial charge in [0.25, 0.3) is 0 Å². The molecule has 1 rings (SSSR count). The molecule has 0 aromatic heterocycles. The standard InChI is InChI=1S/C6H11F3N2O2S/c7-6(8,9)5(1-2-5)11-14(12,13)4-3-10/h11H,1-4,10H2. The smallest absolute Gasteiger partial charge is 0.329 e. The minimum Gasteiger partial charge on any atom is -0.329 e. The molecule has 0 atom stereocenters. The Labute approximate surface area is 79.7 Å². The molecule has 0 spiro atoms. The largest absolute Gasteiger partial charge is 0.407 e. The van der Waals surface area contributed by atoms with Crippen LogP contribution in [-0.2, 0) is 10.0 Å². The highest BCUT2D eigenvalue weighted by Crippen LogP contribution is 2.49. The van der Waals surface area contributed by atoms with Gasteiger partial charge in [-0.2, -0.15) is 17.9 Å². The van der Waals surface area contributed by atoms with Gasteiger partial charge in [0, 0.05) is 6.54 Å². The summed E-state index contributed by atoms with van der Waals surface area (Å²) >= 11 is 0. The van der Waals surface area contributed by atoms with Crippen LogP contribution in [0.3, 0.4) is 0 Å². The number of nitrogens with one attached hydrogen (secondary N) is 1. The van der Waals surface area contributed by atoms with Crippen molar-refractivity contribution in [3.05, 3.63) is 0 Å². The normalized spacial score (nSPS) is 20.9. The first-order chi connectivity index (χ1) is 6.22. The molecule has 0 saturated heterocycles. The first-order valence-corrected chi connectivity index (χ1v) is 5.66. The molecule has 0 amide bonds. The summed E-state index contributed by atoms with van der Waals surface area (Å²) in [6.07, 6.45) is -4.91. The van der Waals surface area contributed by atoms with E-state index in [2.05, 4.69) is 0 Å². The van der Waals surface area contributed by atoms with E-state index in [4.69, 9.17) is 5.73 Å². The third-order valence-electron chi connectivity index (χ3n) is 2.03. The molecule has 0 bridgehead atoms. The molecular formula is C6H11F3N2O2S. The molecule has 1 saturated carbocycles. The Morgan fingerprint density at radius 1 is 1.36 bits per heavy atom. The van der Waals surface area contributed by atoms with Crippen molar-refractivity contribution in [2.75, 3.05) is 12.3 Å². The average molecular weight is 232 g/mol. The van der Waals surface area contributed by atoms with Gasteiger partial charge in [0.1, 0.15) is 5.54 Å². The van der Waals surface area contributed by atoms with Crippen molar-refractivity contribution < 1.29 is 21.6 Å². The monoisotopic (exact) mass is 232 g/mol. The van der Waals surface area contributed by atoms with Crippen LogP contribution >= 0.6 is 0 Å². The molecule has 0 aliphatic heterocycles. The zero-order chi connectivity index (χ0) is 11.0. The van der Waals surface area contributed by atoms with Crippen molar-refractivity contribution in [1.82, 2.24) is 4.72 Å². The predicted molar refractivity (Wildman–Crippen MR) is 44.0 cm³/mol. The quantitative estimate of drug-likeness (QED) is 0.714. The third kappa shape index (κ3) is 2.37. The Hall–Kier alpha value is -0.340. The summed E-state index contributed by atoms with van der Waals surface area (Å²) in [6.45, 7) is -0.191. The molecule has 1 aliphatic carbocycles. The number of alkyl halides is 3. The number of sulfonamides is 1. The van der Waals surface area contributed by atoms with Gasteiger partial charge in [0.15, 0.2) is 0 Å². The number of halogens is 3. The number of hydrogen-bond acceptors (Lipinski definition) is 3. The average Bonchev–Trinajstić information content (AvgIpc) is 2.65. The van der Waals surface area contributed by atoms with Crippen molar-refractivity contribution >= 4 is 10.0 Å². The lowest BCUT2D eigenvalue weighted by molar-refractivity contribution is -0.160. The molecule has 0 radical (unpaired) electrons. The van der Waals surface area contributed by atoms with E-state index in [0.29, 0.717) is 0 Å². The minimum absolute atomic E-state index is 0.191. The second-order valence-electron chi connectivity index (χ2n) is 3.29. The Balaban J connectivity index is 2.70. The lowest BCUT2D eigenvalue weighted by atomic mass is 10.3. The van der Waals surface area contributed by atoms with Gasteiger partial charge >= 0.3 is 6.18 Å². The van der Waals surface area contributed by atoms with Crippen LogP contribution in [0.2, 0.25) is 0 Å². The Kier molecular flexibility index (Phi) is 2.81. The highest BCUT2D eigenvalue weighted by Gasteiger charge is 2.64. The molecule has 3 N–H and O–H groups in total. The molecule has 14 heavy (non-hydrogen) atoms. The van der Waals surface area contributed by atoms with Gasteiger partial charge in [-0.25, -0.2) is 8.42 Å². The van der Waals surface area contributed by atoms with Crippen LogP contribution in [0, 0.1) is 0 Å². The summed E-state index contributed by atoms with van der Waals surface area (Å²) in [5.41, 5.74) is 2.74. The number of hydrogen-bond donors (Lipinski definition) is 2. The molecule has 1 aliphatic rings. The first kappa shape index (κ1) is 11.7. The SMILES string of the molecule is NCCS(=O)(=O)NC1(C(F)(F)F)CC1. The van der Waals surface area contributed by atoms with E-state index >= 15 is 0 Å².